The molecule has 1 aromatic heterocycles. The monoisotopic (exact) mass is 209 g/mol. The Bertz CT molecular complexity index is 327. The first-order valence-corrected chi connectivity index (χ1v) is 5.78. The van der Waals surface area contributed by atoms with Crippen molar-refractivity contribution in [3.63, 3.8) is 0 Å². The van der Waals surface area contributed by atoms with Crippen molar-refractivity contribution >= 4 is 0 Å². The highest BCUT2D eigenvalue weighted by molar-refractivity contribution is 5.04. The van der Waals surface area contributed by atoms with E-state index in [9.17, 15) is 5.11 Å². The maximum absolute atomic E-state index is 9.20. The van der Waals surface area contributed by atoms with Gasteiger partial charge in [0.2, 0.25) is 0 Å². The molecule has 15 heavy (non-hydrogen) atoms. The third-order valence-corrected chi connectivity index (χ3v) is 3.17. The van der Waals surface area contributed by atoms with E-state index in [1.165, 1.54) is 25.7 Å². The van der Waals surface area contributed by atoms with E-state index in [0.717, 1.165) is 5.82 Å². The average Bonchev–Trinajstić information content (AvgIpc) is 2.85. The van der Waals surface area contributed by atoms with E-state index in [0.29, 0.717) is 17.8 Å². The lowest BCUT2D eigenvalue weighted by molar-refractivity contribution is 0.261. The molecule has 0 bridgehead atoms. The molecule has 1 aromatic rings. The molecule has 0 radical (unpaired) electrons. The Morgan fingerprint density at radius 2 is 2.00 bits per heavy atom. The molecule has 0 aliphatic heterocycles. The number of hydrogen-bond donors (Lipinski definition) is 1. The summed E-state index contributed by atoms with van der Waals surface area (Å²) < 4.78 is 2.09. The molecule has 0 amide bonds. The summed E-state index contributed by atoms with van der Waals surface area (Å²) in [4.78, 5) is 0. The number of rotatable bonds is 3. The zero-order valence-corrected chi connectivity index (χ0v) is 9.48. The van der Waals surface area contributed by atoms with Crippen molar-refractivity contribution in [2.24, 2.45) is 0 Å². The van der Waals surface area contributed by atoms with Gasteiger partial charge in [0, 0.05) is 12.0 Å². The SMILES string of the molecule is CC(C)n1c(CO)nnc1C1CCCC1. The van der Waals surface area contributed by atoms with Gasteiger partial charge >= 0.3 is 0 Å². The molecule has 0 atom stereocenters. The van der Waals surface area contributed by atoms with Crippen LogP contribution < -0.4 is 0 Å². The molecule has 1 fully saturated rings. The fraction of sp³-hybridized carbons (Fsp3) is 0.818. The van der Waals surface area contributed by atoms with E-state index in [2.05, 4.69) is 28.6 Å². The Kier molecular flexibility index (Phi) is 3.05. The van der Waals surface area contributed by atoms with Crippen LogP contribution in [-0.2, 0) is 6.61 Å². The summed E-state index contributed by atoms with van der Waals surface area (Å²) in [7, 11) is 0. The number of hydrogen-bond acceptors (Lipinski definition) is 3. The van der Waals surface area contributed by atoms with Crippen LogP contribution in [0.3, 0.4) is 0 Å². The molecule has 1 aliphatic carbocycles. The first-order valence-electron chi connectivity index (χ1n) is 5.78. The van der Waals surface area contributed by atoms with Gasteiger partial charge in [0.05, 0.1) is 0 Å². The van der Waals surface area contributed by atoms with Gasteiger partial charge in [-0.25, -0.2) is 0 Å². The van der Waals surface area contributed by atoms with Gasteiger partial charge in [0.1, 0.15) is 12.4 Å². The van der Waals surface area contributed by atoms with Crippen molar-refractivity contribution in [1.82, 2.24) is 14.8 Å². The molecule has 1 heterocycles. The van der Waals surface area contributed by atoms with Gasteiger partial charge in [-0.2, -0.15) is 0 Å². The van der Waals surface area contributed by atoms with Gasteiger partial charge in [-0.15, -0.1) is 10.2 Å². The molecule has 0 unspecified atom stereocenters. The molecule has 84 valence electrons. The number of aliphatic hydroxyl groups is 1. The number of nitrogens with zero attached hydrogens (tertiary/aromatic N) is 3. The molecule has 1 saturated carbocycles. The lowest BCUT2D eigenvalue weighted by Crippen LogP contribution is -2.12. The predicted octanol–water partition coefficient (Wildman–Crippen LogP) is 2.01. The smallest absolute Gasteiger partial charge is 0.159 e. The van der Waals surface area contributed by atoms with Gasteiger partial charge in [-0.05, 0) is 26.7 Å². The largest absolute Gasteiger partial charge is 0.388 e. The molecule has 1 N–H and O–H groups in total. The van der Waals surface area contributed by atoms with Crippen LogP contribution in [0.2, 0.25) is 0 Å². The van der Waals surface area contributed by atoms with Crippen LogP contribution in [0.5, 0.6) is 0 Å². The van der Waals surface area contributed by atoms with Crippen molar-refractivity contribution < 1.29 is 5.11 Å². The molecule has 0 aromatic carbocycles. The maximum atomic E-state index is 9.20. The molecule has 0 spiro atoms. The van der Waals surface area contributed by atoms with Gasteiger partial charge in [-0.1, -0.05) is 12.8 Å². The zero-order chi connectivity index (χ0) is 10.8. The quantitative estimate of drug-likeness (QED) is 0.828. The summed E-state index contributed by atoms with van der Waals surface area (Å²) in [5, 5.41) is 17.5. The lowest BCUT2D eigenvalue weighted by atomic mass is 10.1. The molecular weight excluding hydrogens is 190 g/mol. The molecule has 0 saturated heterocycles. The van der Waals surface area contributed by atoms with Crippen molar-refractivity contribution in [3.8, 4) is 0 Å². The summed E-state index contributed by atoms with van der Waals surface area (Å²) in [6.45, 7) is 4.21. The van der Waals surface area contributed by atoms with E-state index in [1.807, 2.05) is 0 Å². The van der Waals surface area contributed by atoms with E-state index in [1.54, 1.807) is 0 Å². The molecular formula is C11H19N3O. The van der Waals surface area contributed by atoms with E-state index in [4.69, 9.17) is 0 Å². The lowest BCUT2D eigenvalue weighted by Gasteiger charge is -2.16. The van der Waals surface area contributed by atoms with Gasteiger partial charge in [0.25, 0.3) is 0 Å². The zero-order valence-electron chi connectivity index (χ0n) is 9.48. The second kappa shape index (κ2) is 4.31. The van der Waals surface area contributed by atoms with Crippen molar-refractivity contribution in [3.05, 3.63) is 11.6 Å². The van der Waals surface area contributed by atoms with Gasteiger partial charge < -0.3 is 9.67 Å². The van der Waals surface area contributed by atoms with Crippen LogP contribution in [0.1, 0.15) is 63.1 Å². The third kappa shape index (κ3) is 1.91. The fourth-order valence-corrected chi connectivity index (χ4v) is 2.47. The topological polar surface area (TPSA) is 50.9 Å². The van der Waals surface area contributed by atoms with Crippen LogP contribution in [-0.4, -0.2) is 19.9 Å². The molecule has 2 rings (SSSR count). The summed E-state index contributed by atoms with van der Waals surface area (Å²) in [6, 6.07) is 0.331. The third-order valence-electron chi connectivity index (χ3n) is 3.17. The highest BCUT2D eigenvalue weighted by Crippen LogP contribution is 2.34. The second-order valence-corrected chi connectivity index (χ2v) is 4.58. The van der Waals surface area contributed by atoms with Crippen LogP contribution >= 0.6 is 0 Å². The minimum atomic E-state index is -0.0160. The number of aliphatic hydroxyl groups excluding tert-OH is 1. The molecule has 4 nitrogen and oxygen atoms in total. The fourth-order valence-electron chi connectivity index (χ4n) is 2.47. The first kappa shape index (κ1) is 10.6. The van der Waals surface area contributed by atoms with Crippen molar-refractivity contribution in [1.29, 1.82) is 0 Å². The predicted molar refractivity (Wildman–Crippen MR) is 57.5 cm³/mol. The maximum Gasteiger partial charge on any atom is 0.159 e. The van der Waals surface area contributed by atoms with E-state index in [-0.39, 0.29) is 6.61 Å². The van der Waals surface area contributed by atoms with Crippen molar-refractivity contribution in [2.45, 2.75) is 58.1 Å². The highest BCUT2D eigenvalue weighted by Gasteiger charge is 2.25. The van der Waals surface area contributed by atoms with Crippen LogP contribution in [0.15, 0.2) is 0 Å². The van der Waals surface area contributed by atoms with Crippen LogP contribution in [0.25, 0.3) is 0 Å². The van der Waals surface area contributed by atoms with Gasteiger partial charge in [-0.3, -0.25) is 0 Å². The normalized spacial score (nSPS) is 17.9. The Hall–Kier alpha value is -0.900. The average molecular weight is 209 g/mol. The minimum absolute atomic E-state index is 0.0160. The minimum Gasteiger partial charge on any atom is -0.388 e. The Balaban J connectivity index is 2.33. The second-order valence-electron chi connectivity index (χ2n) is 4.58. The Labute approximate surface area is 90.3 Å². The van der Waals surface area contributed by atoms with Crippen LogP contribution in [0.4, 0.5) is 0 Å². The van der Waals surface area contributed by atoms with E-state index >= 15 is 0 Å². The Morgan fingerprint density at radius 3 is 2.53 bits per heavy atom. The summed E-state index contributed by atoms with van der Waals surface area (Å²) in [5.41, 5.74) is 0. The molecule has 1 aliphatic rings. The highest BCUT2D eigenvalue weighted by atomic mass is 16.3. The van der Waals surface area contributed by atoms with Crippen LogP contribution in [0, 0.1) is 0 Å². The van der Waals surface area contributed by atoms with Gasteiger partial charge in [0.15, 0.2) is 5.82 Å². The Morgan fingerprint density at radius 1 is 1.33 bits per heavy atom. The standard InChI is InChI=1S/C11H19N3O/c1-8(2)14-10(7-15)12-13-11(14)9-5-3-4-6-9/h8-9,15H,3-7H2,1-2H3. The molecule has 4 heteroatoms. The number of aromatic nitrogens is 3. The summed E-state index contributed by atoms with van der Waals surface area (Å²) >= 11 is 0. The van der Waals surface area contributed by atoms with Crippen molar-refractivity contribution in [2.75, 3.05) is 0 Å². The summed E-state index contributed by atoms with van der Waals surface area (Å²) in [6.07, 6.45) is 5.03. The first-order chi connectivity index (χ1) is 7.24. The summed E-state index contributed by atoms with van der Waals surface area (Å²) in [5.74, 6) is 2.33. The van der Waals surface area contributed by atoms with E-state index < -0.39 is 0 Å².